The Bertz CT molecular complexity index is 1080. The van der Waals surface area contributed by atoms with Gasteiger partial charge in [-0.15, -0.1) is 0 Å². The largest absolute Gasteiger partial charge is 0.378 e. The number of piperazine rings is 1. The quantitative estimate of drug-likeness (QED) is 0.477. The molecule has 0 radical (unpaired) electrons. The van der Waals surface area contributed by atoms with Gasteiger partial charge in [-0.1, -0.05) is 11.6 Å². The van der Waals surface area contributed by atoms with E-state index in [2.05, 4.69) is 0 Å². The first-order valence-electron chi connectivity index (χ1n) is 10.4. The van der Waals surface area contributed by atoms with Crippen molar-refractivity contribution in [3.05, 3.63) is 67.2 Å². The van der Waals surface area contributed by atoms with Crippen LogP contribution in [0.3, 0.4) is 0 Å². The Kier molecular flexibility index (Phi) is 6.61. The minimum atomic E-state index is -0.516. The lowest BCUT2D eigenvalue weighted by Crippen LogP contribution is -2.49. The van der Waals surface area contributed by atoms with Crippen molar-refractivity contribution >= 4 is 40.3 Å². The van der Waals surface area contributed by atoms with Gasteiger partial charge in [0.05, 0.1) is 34.3 Å². The van der Waals surface area contributed by atoms with E-state index in [0.717, 1.165) is 0 Å². The molecule has 1 amide bonds. The van der Waals surface area contributed by atoms with Crippen LogP contribution < -0.4 is 9.80 Å². The topological polar surface area (TPSA) is 122 Å². The van der Waals surface area contributed by atoms with E-state index in [1.807, 2.05) is 9.80 Å². The molecule has 2 fully saturated rings. The average molecular weight is 476 g/mol. The van der Waals surface area contributed by atoms with Gasteiger partial charge in [0.25, 0.3) is 17.3 Å². The molecule has 0 spiro atoms. The number of nitro benzene ring substituents is 2. The lowest BCUT2D eigenvalue weighted by molar-refractivity contribution is -0.384. The van der Waals surface area contributed by atoms with Crippen molar-refractivity contribution in [1.29, 1.82) is 0 Å². The third-order valence-electron chi connectivity index (χ3n) is 5.81. The first-order valence-corrected chi connectivity index (χ1v) is 10.8. The van der Waals surface area contributed by atoms with Gasteiger partial charge >= 0.3 is 0 Å². The highest BCUT2D eigenvalue weighted by Crippen LogP contribution is 2.32. The Morgan fingerprint density at radius 2 is 1.48 bits per heavy atom. The fourth-order valence-electron chi connectivity index (χ4n) is 4.12. The van der Waals surface area contributed by atoms with Gasteiger partial charge in [-0.3, -0.25) is 25.0 Å². The van der Waals surface area contributed by atoms with E-state index in [0.29, 0.717) is 63.9 Å². The monoisotopic (exact) mass is 475 g/mol. The molecule has 0 N–H and O–H groups in total. The minimum Gasteiger partial charge on any atom is -0.378 e. The fourth-order valence-corrected chi connectivity index (χ4v) is 4.29. The molecular weight excluding hydrogens is 454 g/mol. The van der Waals surface area contributed by atoms with Crippen LogP contribution in [0, 0.1) is 20.2 Å². The van der Waals surface area contributed by atoms with Gasteiger partial charge in [0.15, 0.2) is 0 Å². The first-order chi connectivity index (χ1) is 15.8. The second kappa shape index (κ2) is 9.59. The predicted octanol–water partition coefficient (Wildman–Crippen LogP) is 2.96. The summed E-state index contributed by atoms with van der Waals surface area (Å²) in [5.41, 5.74) is 1.13. The second-order valence-corrected chi connectivity index (χ2v) is 8.16. The third-order valence-corrected chi connectivity index (χ3v) is 6.05. The van der Waals surface area contributed by atoms with E-state index in [-0.39, 0.29) is 27.9 Å². The maximum Gasteiger partial charge on any atom is 0.294 e. The number of hydrogen-bond donors (Lipinski definition) is 0. The number of nitro groups is 2. The number of benzene rings is 2. The highest BCUT2D eigenvalue weighted by molar-refractivity contribution is 6.30. The molecule has 11 nitrogen and oxygen atoms in total. The molecule has 33 heavy (non-hydrogen) atoms. The number of rotatable bonds is 5. The molecule has 2 aliphatic heterocycles. The zero-order valence-corrected chi connectivity index (χ0v) is 18.4. The van der Waals surface area contributed by atoms with E-state index in [9.17, 15) is 25.0 Å². The fraction of sp³-hybridized carbons (Fsp3) is 0.381. The molecular formula is C21H22ClN5O6. The van der Waals surface area contributed by atoms with E-state index in [1.165, 1.54) is 18.2 Å². The SMILES string of the molecule is O=C(c1cc([N+](=O)[O-])ccc1N1CCOCC1)N1CCN(c2ccc(Cl)cc2[N+](=O)[O-])CC1. The first kappa shape index (κ1) is 22.7. The van der Waals surface area contributed by atoms with Crippen LogP contribution in [0.4, 0.5) is 22.7 Å². The van der Waals surface area contributed by atoms with Crippen LogP contribution in [0.15, 0.2) is 36.4 Å². The number of morpholine rings is 1. The Balaban J connectivity index is 1.55. The Labute approximate surface area is 194 Å². The molecule has 12 heteroatoms. The van der Waals surface area contributed by atoms with Crippen LogP contribution in [-0.4, -0.2) is 73.1 Å². The lowest BCUT2D eigenvalue weighted by Gasteiger charge is -2.37. The van der Waals surface area contributed by atoms with Crippen LogP contribution in [0.2, 0.25) is 5.02 Å². The predicted molar refractivity (Wildman–Crippen MR) is 122 cm³/mol. The maximum absolute atomic E-state index is 13.4. The van der Waals surface area contributed by atoms with E-state index in [1.54, 1.807) is 23.1 Å². The molecule has 0 bridgehead atoms. The number of carbonyl (C=O) groups is 1. The van der Waals surface area contributed by atoms with Crippen LogP contribution in [0.25, 0.3) is 0 Å². The van der Waals surface area contributed by atoms with E-state index >= 15 is 0 Å². The van der Waals surface area contributed by atoms with Gasteiger partial charge in [-0.25, -0.2) is 0 Å². The summed E-state index contributed by atoms with van der Waals surface area (Å²) in [6.07, 6.45) is 0. The summed E-state index contributed by atoms with van der Waals surface area (Å²) in [4.78, 5) is 40.6. The average Bonchev–Trinajstić information content (AvgIpc) is 2.83. The van der Waals surface area contributed by atoms with E-state index < -0.39 is 9.85 Å². The van der Waals surface area contributed by atoms with Gasteiger partial charge < -0.3 is 19.4 Å². The number of hydrogen-bond acceptors (Lipinski definition) is 8. The molecule has 2 heterocycles. The normalized spacial score (nSPS) is 16.6. The molecule has 0 aliphatic carbocycles. The Morgan fingerprint density at radius 1 is 0.848 bits per heavy atom. The van der Waals surface area contributed by atoms with Gasteiger partial charge in [-0.05, 0) is 18.2 Å². The highest BCUT2D eigenvalue weighted by atomic mass is 35.5. The molecule has 2 aromatic rings. The van der Waals surface area contributed by atoms with Crippen molar-refractivity contribution in [2.24, 2.45) is 0 Å². The number of amides is 1. The number of carbonyl (C=O) groups excluding carboxylic acids is 1. The van der Waals surface area contributed by atoms with Gasteiger partial charge in [0.2, 0.25) is 0 Å². The summed E-state index contributed by atoms with van der Waals surface area (Å²) < 4.78 is 5.38. The maximum atomic E-state index is 13.4. The molecule has 0 aromatic heterocycles. The zero-order valence-electron chi connectivity index (χ0n) is 17.7. The molecule has 2 aliphatic rings. The summed E-state index contributed by atoms with van der Waals surface area (Å²) in [6.45, 7) is 3.63. The smallest absolute Gasteiger partial charge is 0.294 e. The molecule has 2 saturated heterocycles. The molecule has 174 valence electrons. The number of halogens is 1. The van der Waals surface area contributed by atoms with Crippen molar-refractivity contribution in [3.63, 3.8) is 0 Å². The van der Waals surface area contributed by atoms with Crippen LogP contribution in [-0.2, 0) is 4.74 Å². The van der Waals surface area contributed by atoms with Crippen molar-refractivity contribution < 1.29 is 19.4 Å². The molecule has 2 aromatic carbocycles. The molecule has 4 rings (SSSR count). The van der Waals surface area contributed by atoms with Gasteiger partial charge in [0, 0.05) is 62.5 Å². The summed E-state index contributed by atoms with van der Waals surface area (Å²) in [7, 11) is 0. The number of nitrogens with zero attached hydrogens (tertiary/aromatic N) is 5. The Morgan fingerprint density at radius 3 is 2.12 bits per heavy atom. The van der Waals surface area contributed by atoms with Crippen molar-refractivity contribution in [2.75, 3.05) is 62.3 Å². The van der Waals surface area contributed by atoms with Crippen molar-refractivity contribution in [1.82, 2.24) is 4.90 Å². The zero-order chi connectivity index (χ0) is 23.5. The number of ether oxygens (including phenoxy) is 1. The van der Waals surface area contributed by atoms with Crippen LogP contribution in [0.1, 0.15) is 10.4 Å². The van der Waals surface area contributed by atoms with E-state index in [4.69, 9.17) is 16.3 Å². The van der Waals surface area contributed by atoms with Crippen molar-refractivity contribution in [2.45, 2.75) is 0 Å². The summed E-state index contributed by atoms with van der Waals surface area (Å²) in [5, 5.41) is 23.0. The second-order valence-electron chi connectivity index (χ2n) is 7.73. The molecule has 0 atom stereocenters. The lowest BCUT2D eigenvalue weighted by atomic mass is 10.1. The molecule has 0 unspecified atom stereocenters. The highest BCUT2D eigenvalue weighted by Gasteiger charge is 2.29. The van der Waals surface area contributed by atoms with Gasteiger partial charge in [-0.2, -0.15) is 0 Å². The summed E-state index contributed by atoms with van der Waals surface area (Å²) in [6, 6.07) is 8.85. The van der Waals surface area contributed by atoms with Crippen LogP contribution >= 0.6 is 11.6 Å². The third kappa shape index (κ3) is 4.83. The number of anilines is 2. The standard InChI is InChI=1S/C21H22ClN5O6/c22-15-1-3-19(20(13-15)27(31)32)23-5-7-25(8-6-23)21(28)17-14-16(26(29)30)2-4-18(17)24-9-11-33-12-10-24/h1-4,13-14H,5-12H2. The summed E-state index contributed by atoms with van der Waals surface area (Å²) >= 11 is 5.91. The van der Waals surface area contributed by atoms with Crippen LogP contribution in [0.5, 0.6) is 0 Å². The number of non-ortho nitro benzene ring substituents is 1. The molecule has 0 saturated carbocycles. The van der Waals surface area contributed by atoms with Crippen molar-refractivity contribution in [3.8, 4) is 0 Å². The van der Waals surface area contributed by atoms with Gasteiger partial charge in [0.1, 0.15) is 5.69 Å². The Hall–Kier alpha value is -3.44. The summed E-state index contributed by atoms with van der Waals surface area (Å²) in [5.74, 6) is -0.301. The minimum absolute atomic E-state index is 0.0874.